The van der Waals surface area contributed by atoms with Crippen molar-refractivity contribution in [1.29, 1.82) is 0 Å². The zero-order chi connectivity index (χ0) is 13.1. The number of rotatable bonds is 3. The van der Waals surface area contributed by atoms with Gasteiger partial charge in [0.1, 0.15) is 0 Å². The summed E-state index contributed by atoms with van der Waals surface area (Å²) in [6, 6.07) is -0.195. The normalized spacial score (nSPS) is 23.2. The van der Waals surface area contributed by atoms with Crippen molar-refractivity contribution in [2.24, 2.45) is 5.41 Å². The molecule has 0 saturated carbocycles. The largest absolute Gasteiger partial charge is 0.481 e. The Hall–Kier alpha value is -1.70. The number of carbonyl (C=O) groups excluding carboxylic acids is 1. The molecule has 0 bridgehead atoms. The molecule has 94 valence electrons. The first-order valence-electron chi connectivity index (χ1n) is 5.63. The van der Waals surface area contributed by atoms with Crippen LogP contribution in [0.3, 0.4) is 0 Å². The predicted octanol–water partition coefficient (Wildman–Crippen LogP) is 0.858. The van der Waals surface area contributed by atoms with Crippen molar-refractivity contribution in [2.75, 3.05) is 26.7 Å². The van der Waals surface area contributed by atoms with E-state index in [2.05, 4.69) is 5.92 Å². The molecular weight excluding hydrogens is 220 g/mol. The van der Waals surface area contributed by atoms with Gasteiger partial charge in [-0.2, -0.15) is 0 Å². The smallest absolute Gasteiger partial charge is 0.320 e. The second-order valence-corrected chi connectivity index (χ2v) is 4.45. The van der Waals surface area contributed by atoms with Crippen LogP contribution >= 0.6 is 0 Å². The molecule has 1 heterocycles. The van der Waals surface area contributed by atoms with Crippen molar-refractivity contribution in [3.63, 3.8) is 0 Å². The fourth-order valence-corrected chi connectivity index (χ4v) is 2.10. The zero-order valence-electron chi connectivity index (χ0n) is 10.3. The van der Waals surface area contributed by atoms with Crippen molar-refractivity contribution in [1.82, 2.24) is 9.80 Å². The van der Waals surface area contributed by atoms with Crippen molar-refractivity contribution >= 4 is 12.0 Å². The van der Waals surface area contributed by atoms with Crippen LogP contribution in [0, 0.1) is 17.8 Å². The Morgan fingerprint density at radius 2 is 2.24 bits per heavy atom. The fraction of sp³-hybridized carbons (Fsp3) is 0.667. The number of nitrogens with zero attached hydrogens (tertiary/aromatic N) is 2. The minimum atomic E-state index is -0.824. The van der Waals surface area contributed by atoms with Crippen LogP contribution in [-0.2, 0) is 4.79 Å². The SMILES string of the molecule is C#CCN(C)C(=O)N1CCC(CC)(C(=O)O)C1. The van der Waals surface area contributed by atoms with Gasteiger partial charge in [0.25, 0.3) is 0 Å². The van der Waals surface area contributed by atoms with Gasteiger partial charge in [-0.25, -0.2) is 4.79 Å². The zero-order valence-corrected chi connectivity index (χ0v) is 10.3. The molecule has 1 fully saturated rings. The van der Waals surface area contributed by atoms with E-state index in [4.69, 9.17) is 6.42 Å². The molecule has 5 nitrogen and oxygen atoms in total. The number of hydrogen-bond acceptors (Lipinski definition) is 2. The average molecular weight is 238 g/mol. The van der Waals surface area contributed by atoms with Gasteiger partial charge in [-0.15, -0.1) is 6.42 Å². The van der Waals surface area contributed by atoms with Crippen LogP contribution in [0.2, 0.25) is 0 Å². The van der Waals surface area contributed by atoms with Gasteiger partial charge >= 0.3 is 12.0 Å². The van der Waals surface area contributed by atoms with E-state index in [1.165, 1.54) is 4.90 Å². The minimum absolute atomic E-state index is 0.195. The molecule has 0 radical (unpaired) electrons. The minimum Gasteiger partial charge on any atom is -0.481 e. The fourth-order valence-electron chi connectivity index (χ4n) is 2.10. The maximum Gasteiger partial charge on any atom is 0.320 e. The highest BCUT2D eigenvalue weighted by Gasteiger charge is 2.45. The summed E-state index contributed by atoms with van der Waals surface area (Å²) in [4.78, 5) is 26.1. The van der Waals surface area contributed by atoms with Gasteiger partial charge in [0.2, 0.25) is 0 Å². The summed E-state index contributed by atoms with van der Waals surface area (Å²) in [5.41, 5.74) is -0.785. The predicted molar refractivity (Wildman–Crippen MR) is 63.4 cm³/mol. The first-order valence-corrected chi connectivity index (χ1v) is 5.63. The number of carboxylic acids is 1. The van der Waals surface area contributed by atoms with E-state index in [0.29, 0.717) is 19.4 Å². The summed E-state index contributed by atoms with van der Waals surface area (Å²) < 4.78 is 0. The lowest BCUT2D eigenvalue weighted by molar-refractivity contribution is -0.148. The van der Waals surface area contributed by atoms with Gasteiger partial charge in [0.05, 0.1) is 12.0 Å². The summed E-state index contributed by atoms with van der Waals surface area (Å²) in [7, 11) is 1.62. The van der Waals surface area contributed by atoms with E-state index in [0.717, 1.165) is 0 Å². The third-order valence-corrected chi connectivity index (χ3v) is 3.41. The molecular formula is C12H18N2O3. The summed E-state index contributed by atoms with van der Waals surface area (Å²) in [5.74, 6) is 1.57. The van der Waals surface area contributed by atoms with Crippen LogP contribution in [-0.4, -0.2) is 53.6 Å². The highest BCUT2D eigenvalue weighted by atomic mass is 16.4. The highest BCUT2D eigenvalue weighted by Crippen LogP contribution is 2.34. The topological polar surface area (TPSA) is 60.9 Å². The molecule has 17 heavy (non-hydrogen) atoms. The Labute approximate surface area is 101 Å². The molecule has 0 aliphatic carbocycles. The van der Waals surface area contributed by atoms with Crippen LogP contribution in [0.4, 0.5) is 4.79 Å². The molecule has 0 aromatic heterocycles. The third-order valence-electron chi connectivity index (χ3n) is 3.41. The van der Waals surface area contributed by atoms with Gasteiger partial charge in [-0.1, -0.05) is 12.8 Å². The molecule has 0 aromatic carbocycles. The van der Waals surface area contributed by atoms with E-state index >= 15 is 0 Å². The summed E-state index contributed by atoms with van der Waals surface area (Å²) >= 11 is 0. The van der Waals surface area contributed by atoms with Gasteiger partial charge in [0.15, 0.2) is 0 Å². The summed E-state index contributed by atoms with van der Waals surface area (Å²) in [6.45, 7) is 2.83. The number of carboxylic acid groups (broad SMARTS) is 1. The standard InChI is InChI=1S/C12H18N2O3/c1-4-7-13(3)11(17)14-8-6-12(5-2,9-14)10(15)16/h1H,5-9H2,2-3H3,(H,15,16). The van der Waals surface area contributed by atoms with Gasteiger partial charge in [-0.3, -0.25) is 4.79 Å². The molecule has 5 heteroatoms. The summed E-state index contributed by atoms with van der Waals surface area (Å²) in [6.07, 6.45) is 6.18. The van der Waals surface area contributed by atoms with Gasteiger partial charge in [-0.05, 0) is 12.8 Å². The van der Waals surface area contributed by atoms with Gasteiger partial charge in [0, 0.05) is 20.1 Å². The second-order valence-electron chi connectivity index (χ2n) is 4.45. The Bertz CT molecular complexity index is 361. The Morgan fingerprint density at radius 3 is 2.65 bits per heavy atom. The second kappa shape index (κ2) is 5.09. The molecule has 1 unspecified atom stereocenters. The Kier molecular flexibility index (Phi) is 4.00. The maximum atomic E-state index is 11.9. The quantitative estimate of drug-likeness (QED) is 0.742. The van der Waals surface area contributed by atoms with E-state index in [9.17, 15) is 14.7 Å². The van der Waals surface area contributed by atoms with E-state index in [-0.39, 0.29) is 19.1 Å². The van der Waals surface area contributed by atoms with Crippen molar-refractivity contribution in [3.05, 3.63) is 0 Å². The molecule has 1 aliphatic rings. The number of aliphatic carboxylic acids is 1. The first kappa shape index (κ1) is 13.4. The monoisotopic (exact) mass is 238 g/mol. The van der Waals surface area contributed by atoms with Crippen molar-refractivity contribution in [3.8, 4) is 12.3 Å². The maximum absolute atomic E-state index is 11.9. The lowest BCUT2D eigenvalue weighted by atomic mass is 9.84. The summed E-state index contributed by atoms with van der Waals surface area (Å²) in [5, 5.41) is 9.22. The number of carbonyl (C=O) groups is 2. The van der Waals surface area contributed by atoms with E-state index in [1.807, 2.05) is 6.92 Å². The van der Waals surface area contributed by atoms with E-state index in [1.54, 1.807) is 11.9 Å². The van der Waals surface area contributed by atoms with E-state index < -0.39 is 11.4 Å². The van der Waals surface area contributed by atoms with Crippen LogP contribution in [0.1, 0.15) is 19.8 Å². The van der Waals surface area contributed by atoms with Gasteiger partial charge < -0.3 is 14.9 Å². The number of amides is 2. The van der Waals surface area contributed by atoms with Crippen molar-refractivity contribution < 1.29 is 14.7 Å². The third kappa shape index (κ3) is 2.52. The lowest BCUT2D eigenvalue weighted by Gasteiger charge is -2.26. The molecule has 1 aliphatic heterocycles. The highest BCUT2D eigenvalue weighted by molar-refractivity contribution is 5.79. The molecule has 1 saturated heterocycles. The molecule has 0 aromatic rings. The van der Waals surface area contributed by atoms with Crippen LogP contribution in [0.5, 0.6) is 0 Å². The Morgan fingerprint density at radius 1 is 1.59 bits per heavy atom. The average Bonchev–Trinajstić information content (AvgIpc) is 2.74. The van der Waals surface area contributed by atoms with Crippen LogP contribution in [0.25, 0.3) is 0 Å². The van der Waals surface area contributed by atoms with Crippen molar-refractivity contribution in [2.45, 2.75) is 19.8 Å². The Balaban J connectivity index is 2.70. The van der Waals surface area contributed by atoms with Crippen LogP contribution in [0.15, 0.2) is 0 Å². The lowest BCUT2D eigenvalue weighted by Crippen LogP contribution is -2.42. The first-order chi connectivity index (χ1) is 7.96. The number of terminal acetylenes is 1. The molecule has 1 atom stereocenters. The molecule has 1 rings (SSSR count). The molecule has 1 N–H and O–H groups in total. The number of likely N-dealkylation sites (tertiary alicyclic amines) is 1. The van der Waals surface area contributed by atoms with Crippen LogP contribution < -0.4 is 0 Å². The molecule has 0 spiro atoms. The number of urea groups is 1. The molecule has 2 amide bonds. The number of hydrogen-bond donors (Lipinski definition) is 1.